The maximum atomic E-state index is 12.8. The average molecular weight is 330 g/mol. The number of rotatable bonds is 3. The van der Waals surface area contributed by atoms with E-state index in [2.05, 4.69) is 4.98 Å². The average Bonchev–Trinajstić information content (AvgIpc) is 2.34. The van der Waals surface area contributed by atoms with Gasteiger partial charge in [0.15, 0.2) is 5.69 Å². The fourth-order valence-corrected chi connectivity index (χ4v) is 1.93. The molecule has 0 fully saturated rings. The minimum absolute atomic E-state index is 0.318. The van der Waals surface area contributed by atoms with Crippen molar-refractivity contribution < 1.29 is 36.6 Å². The van der Waals surface area contributed by atoms with E-state index in [1.54, 1.807) is 0 Å². The summed E-state index contributed by atoms with van der Waals surface area (Å²) in [5.74, 6) is -2.00. The van der Waals surface area contributed by atoms with Crippen LogP contribution in [-0.4, -0.2) is 27.4 Å². The van der Waals surface area contributed by atoms with Crippen molar-refractivity contribution >= 4 is 28.5 Å². The van der Waals surface area contributed by atoms with Crippen molar-refractivity contribution in [2.45, 2.75) is 12.6 Å². The molecule has 1 aromatic rings. The lowest BCUT2D eigenvalue weighted by Crippen LogP contribution is -2.22. The summed E-state index contributed by atoms with van der Waals surface area (Å²) >= 11 is 0.318. The van der Waals surface area contributed by atoms with Gasteiger partial charge in [0.2, 0.25) is 5.12 Å². The lowest BCUT2D eigenvalue weighted by molar-refractivity contribution is -0.141. The van der Waals surface area contributed by atoms with Gasteiger partial charge in [-0.3, -0.25) is 4.79 Å². The molecule has 0 aromatic carbocycles. The highest BCUT2D eigenvalue weighted by molar-refractivity contribution is 8.13. The van der Waals surface area contributed by atoms with Crippen LogP contribution in [0.4, 0.5) is 27.6 Å². The van der Waals surface area contributed by atoms with Crippen molar-refractivity contribution in [2.75, 3.05) is 12.0 Å². The number of halogens is 5. The van der Waals surface area contributed by atoms with Crippen molar-refractivity contribution in [1.29, 1.82) is 0 Å². The van der Waals surface area contributed by atoms with Crippen LogP contribution in [0.25, 0.3) is 0 Å². The molecule has 1 aromatic heterocycles. The fraction of sp³-hybridized carbons (Fsp3) is 0.300. The zero-order chi connectivity index (χ0) is 16.5. The van der Waals surface area contributed by atoms with Crippen molar-refractivity contribution in [3.05, 3.63) is 22.5 Å². The summed E-state index contributed by atoms with van der Waals surface area (Å²) in [6.45, 7) is 0. The Morgan fingerprint density at radius 3 is 2.14 bits per heavy atom. The number of alkyl halides is 5. The molecule has 0 unspecified atom stereocenters. The number of pyridine rings is 1. The summed E-state index contributed by atoms with van der Waals surface area (Å²) in [6, 6.07) is 0. The van der Waals surface area contributed by atoms with Gasteiger partial charge in [0, 0.05) is 0 Å². The summed E-state index contributed by atoms with van der Waals surface area (Å²) in [4.78, 5) is 25.1. The van der Waals surface area contributed by atoms with E-state index in [1.807, 2.05) is 0 Å². The van der Waals surface area contributed by atoms with Crippen LogP contribution < -0.4 is 5.73 Å². The van der Waals surface area contributed by atoms with Crippen LogP contribution in [0, 0.1) is 0 Å². The van der Waals surface area contributed by atoms with Crippen molar-refractivity contribution in [3.63, 3.8) is 0 Å². The zero-order valence-electron chi connectivity index (χ0n) is 10.2. The van der Waals surface area contributed by atoms with E-state index in [0.29, 0.717) is 11.8 Å². The summed E-state index contributed by atoms with van der Waals surface area (Å²) in [6.07, 6.45) is -7.71. The van der Waals surface area contributed by atoms with E-state index in [9.17, 15) is 31.5 Å². The summed E-state index contributed by atoms with van der Waals surface area (Å²) in [5.41, 5.74) is -2.09. The number of nitrogen functional groups attached to an aromatic ring is 1. The number of carbonyl (C=O) groups excluding carboxylic acids is 1. The summed E-state index contributed by atoms with van der Waals surface area (Å²) in [7, 11) is 0. The zero-order valence-corrected chi connectivity index (χ0v) is 11.0. The Balaban J connectivity index is 3.89. The SMILES string of the molecule is CSC(=O)c1c(C(F)(F)F)nc(C(F)F)c(C(=O)O)c1N. The van der Waals surface area contributed by atoms with Crippen LogP contribution in [0.15, 0.2) is 0 Å². The van der Waals surface area contributed by atoms with E-state index in [4.69, 9.17) is 10.8 Å². The minimum Gasteiger partial charge on any atom is -0.478 e. The molecule has 0 radical (unpaired) electrons. The van der Waals surface area contributed by atoms with Crippen LogP contribution in [0.5, 0.6) is 0 Å². The van der Waals surface area contributed by atoms with Gasteiger partial charge in [-0.25, -0.2) is 18.6 Å². The van der Waals surface area contributed by atoms with Crippen LogP contribution in [-0.2, 0) is 6.18 Å². The Hall–Kier alpha value is -1.91. The first kappa shape index (κ1) is 17.1. The number of aromatic carboxylic acids is 1. The number of thioether (sulfide) groups is 1. The second-order valence-electron chi connectivity index (χ2n) is 3.60. The number of carboxylic acids is 1. The number of hydrogen-bond donors (Lipinski definition) is 2. The molecule has 11 heteroatoms. The minimum atomic E-state index is -5.24. The number of hydrogen-bond acceptors (Lipinski definition) is 5. The van der Waals surface area contributed by atoms with Gasteiger partial charge in [-0.2, -0.15) is 13.2 Å². The summed E-state index contributed by atoms with van der Waals surface area (Å²) < 4.78 is 63.9. The molecule has 0 saturated carbocycles. The molecular formula is C10H7F5N2O3S. The third kappa shape index (κ3) is 3.23. The Labute approximate surface area is 118 Å². The highest BCUT2D eigenvalue weighted by Crippen LogP contribution is 2.38. The van der Waals surface area contributed by atoms with Crippen LogP contribution in [0.1, 0.15) is 38.5 Å². The number of aromatic nitrogens is 1. The Bertz CT molecular complexity index is 603. The van der Waals surface area contributed by atoms with Gasteiger partial charge < -0.3 is 10.8 Å². The monoisotopic (exact) mass is 330 g/mol. The third-order valence-corrected chi connectivity index (χ3v) is 2.92. The smallest absolute Gasteiger partial charge is 0.434 e. The number of carbonyl (C=O) groups is 2. The van der Waals surface area contributed by atoms with Gasteiger partial charge in [0.1, 0.15) is 11.3 Å². The summed E-state index contributed by atoms with van der Waals surface area (Å²) in [5, 5.41) is 7.59. The Morgan fingerprint density at radius 2 is 1.81 bits per heavy atom. The van der Waals surface area contributed by atoms with E-state index < -0.39 is 51.9 Å². The van der Waals surface area contributed by atoms with Crippen molar-refractivity contribution in [3.8, 4) is 0 Å². The first-order valence-electron chi connectivity index (χ1n) is 5.02. The van der Waals surface area contributed by atoms with Crippen LogP contribution in [0.3, 0.4) is 0 Å². The molecule has 5 nitrogen and oxygen atoms in total. The molecule has 0 saturated heterocycles. The van der Waals surface area contributed by atoms with Crippen LogP contribution >= 0.6 is 11.8 Å². The quantitative estimate of drug-likeness (QED) is 0.828. The first-order chi connectivity index (χ1) is 9.52. The molecule has 0 atom stereocenters. The molecule has 0 bridgehead atoms. The maximum absolute atomic E-state index is 12.8. The second kappa shape index (κ2) is 5.84. The van der Waals surface area contributed by atoms with E-state index in [0.717, 1.165) is 6.26 Å². The number of nitrogens with two attached hydrogens (primary N) is 1. The largest absolute Gasteiger partial charge is 0.478 e. The molecule has 0 amide bonds. The lowest BCUT2D eigenvalue weighted by Gasteiger charge is -2.17. The lowest BCUT2D eigenvalue weighted by atomic mass is 10.0. The van der Waals surface area contributed by atoms with Crippen LogP contribution in [0.2, 0.25) is 0 Å². The highest BCUT2D eigenvalue weighted by atomic mass is 32.2. The molecule has 1 heterocycles. The molecule has 116 valence electrons. The molecule has 3 N–H and O–H groups in total. The predicted molar refractivity (Wildman–Crippen MR) is 63.4 cm³/mol. The molecule has 0 aliphatic carbocycles. The molecule has 0 aliphatic rings. The number of anilines is 1. The van der Waals surface area contributed by atoms with Gasteiger partial charge in [-0.1, -0.05) is 11.8 Å². The Kier molecular flexibility index (Phi) is 4.76. The maximum Gasteiger partial charge on any atom is 0.434 e. The number of carboxylic acid groups (broad SMARTS) is 1. The number of nitrogens with zero attached hydrogens (tertiary/aromatic N) is 1. The highest BCUT2D eigenvalue weighted by Gasteiger charge is 2.41. The van der Waals surface area contributed by atoms with E-state index in [-0.39, 0.29) is 0 Å². The molecule has 0 aliphatic heterocycles. The van der Waals surface area contributed by atoms with Crippen molar-refractivity contribution in [1.82, 2.24) is 4.98 Å². The molecule has 0 spiro atoms. The topological polar surface area (TPSA) is 93.3 Å². The van der Waals surface area contributed by atoms with Gasteiger partial charge in [0.05, 0.1) is 11.3 Å². The van der Waals surface area contributed by atoms with E-state index in [1.165, 1.54) is 0 Å². The molecule has 1 rings (SSSR count). The van der Waals surface area contributed by atoms with Gasteiger partial charge in [0.25, 0.3) is 6.43 Å². The normalized spacial score (nSPS) is 11.8. The first-order valence-corrected chi connectivity index (χ1v) is 6.25. The molecular weight excluding hydrogens is 323 g/mol. The Morgan fingerprint density at radius 1 is 1.29 bits per heavy atom. The van der Waals surface area contributed by atoms with E-state index >= 15 is 0 Å². The van der Waals surface area contributed by atoms with Gasteiger partial charge >= 0.3 is 12.1 Å². The van der Waals surface area contributed by atoms with Gasteiger partial charge in [-0.05, 0) is 6.26 Å². The second-order valence-corrected chi connectivity index (χ2v) is 4.38. The standard InChI is InChI=1S/C10H7F5N2O3S/c1-21-9(20)3-4(16)2(8(18)19)5(7(11)12)17-6(3)10(13,14)15/h7H,1H3,(H2,16,17)(H,18,19). The predicted octanol–water partition coefficient (Wildman–Crippen LogP) is 2.82. The third-order valence-electron chi connectivity index (χ3n) is 2.34. The molecule has 21 heavy (non-hydrogen) atoms. The fourth-order valence-electron chi connectivity index (χ4n) is 1.52. The van der Waals surface area contributed by atoms with Crippen molar-refractivity contribution in [2.24, 2.45) is 0 Å². The van der Waals surface area contributed by atoms with Gasteiger partial charge in [-0.15, -0.1) is 0 Å².